The molecule has 10 heteroatoms. The average Bonchev–Trinajstić information content (AvgIpc) is 3.56. The molecule has 3 aromatic heterocycles. The summed E-state index contributed by atoms with van der Waals surface area (Å²) in [5, 5.41) is 11.9. The summed E-state index contributed by atoms with van der Waals surface area (Å²) in [5.74, 6) is 0.775. The van der Waals surface area contributed by atoms with Gasteiger partial charge in [0.1, 0.15) is 12.0 Å². The van der Waals surface area contributed by atoms with Gasteiger partial charge in [0, 0.05) is 38.5 Å². The van der Waals surface area contributed by atoms with Crippen LogP contribution < -0.4 is 15.4 Å². The topological polar surface area (TPSA) is 116 Å². The first kappa shape index (κ1) is 22.9. The molecule has 182 valence electrons. The number of carbonyl (C=O) groups is 1. The zero-order valence-corrected chi connectivity index (χ0v) is 19.8. The zero-order chi connectivity index (χ0) is 24.2. The highest BCUT2D eigenvalue weighted by Crippen LogP contribution is 2.34. The molecule has 1 aliphatic rings. The van der Waals surface area contributed by atoms with Gasteiger partial charge in [-0.25, -0.2) is 14.6 Å². The van der Waals surface area contributed by atoms with E-state index in [4.69, 9.17) is 13.9 Å². The predicted molar refractivity (Wildman–Crippen MR) is 130 cm³/mol. The molecule has 1 amide bonds. The van der Waals surface area contributed by atoms with Crippen LogP contribution in [0.2, 0.25) is 0 Å². The minimum absolute atomic E-state index is 0.204. The van der Waals surface area contributed by atoms with Crippen LogP contribution in [0, 0.1) is 0 Å². The van der Waals surface area contributed by atoms with Gasteiger partial charge in [-0.3, -0.25) is 4.79 Å². The highest BCUT2D eigenvalue weighted by Gasteiger charge is 2.23. The number of anilines is 1. The smallest absolute Gasteiger partial charge is 0.273 e. The molecule has 0 unspecified atom stereocenters. The van der Waals surface area contributed by atoms with Gasteiger partial charge >= 0.3 is 0 Å². The molecule has 1 fully saturated rings. The van der Waals surface area contributed by atoms with E-state index in [0.717, 1.165) is 40.9 Å². The second kappa shape index (κ2) is 10.1. The van der Waals surface area contributed by atoms with Gasteiger partial charge in [0.05, 0.1) is 29.9 Å². The van der Waals surface area contributed by atoms with Crippen molar-refractivity contribution in [3.63, 3.8) is 0 Å². The second-order valence-electron chi connectivity index (χ2n) is 8.34. The summed E-state index contributed by atoms with van der Waals surface area (Å²) < 4.78 is 18.3. The van der Waals surface area contributed by atoms with Crippen LogP contribution in [-0.4, -0.2) is 52.0 Å². The predicted octanol–water partition coefficient (Wildman–Crippen LogP) is 3.64. The summed E-state index contributed by atoms with van der Waals surface area (Å²) >= 11 is 0. The third-order valence-electron chi connectivity index (χ3n) is 6.11. The molecule has 1 aliphatic heterocycles. The summed E-state index contributed by atoms with van der Waals surface area (Å²) in [7, 11) is 1.62. The SMILES string of the molecule is CCn1ncc2c(NC3CCOCC3)c(-c3nc(C(=O)NCc4ccc(OC)cc4)co3)cnc21. The Bertz CT molecular complexity index is 1310. The van der Waals surface area contributed by atoms with Gasteiger partial charge in [-0.2, -0.15) is 5.10 Å². The lowest BCUT2D eigenvalue weighted by Crippen LogP contribution is -2.28. The van der Waals surface area contributed by atoms with E-state index in [1.54, 1.807) is 13.3 Å². The molecule has 10 nitrogen and oxygen atoms in total. The largest absolute Gasteiger partial charge is 0.497 e. The van der Waals surface area contributed by atoms with E-state index < -0.39 is 0 Å². The van der Waals surface area contributed by atoms with Crippen LogP contribution >= 0.6 is 0 Å². The maximum absolute atomic E-state index is 12.7. The zero-order valence-electron chi connectivity index (χ0n) is 19.8. The quantitative estimate of drug-likeness (QED) is 0.396. The minimum atomic E-state index is -0.317. The average molecular weight is 477 g/mol. The summed E-state index contributed by atoms with van der Waals surface area (Å²) in [6, 6.07) is 7.76. The van der Waals surface area contributed by atoms with Crippen LogP contribution in [0.4, 0.5) is 5.69 Å². The van der Waals surface area contributed by atoms with Crippen LogP contribution in [0.5, 0.6) is 5.75 Å². The Hall–Kier alpha value is -3.92. The van der Waals surface area contributed by atoms with E-state index in [-0.39, 0.29) is 17.6 Å². The van der Waals surface area contributed by atoms with Gasteiger partial charge in [-0.1, -0.05) is 12.1 Å². The number of methoxy groups -OCH3 is 1. The van der Waals surface area contributed by atoms with Crippen molar-refractivity contribution < 1.29 is 18.7 Å². The lowest BCUT2D eigenvalue weighted by Gasteiger charge is -2.25. The molecular formula is C25H28N6O4. The molecule has 0 aliphatic carbocycles. The van der Waals surface area contributed by atoms with Crippen LogP contribution in [0.3, 0.4) is 0 Å². The summed E-state index contributed by atoms with van der Waals surface area (Å²) in [6.07, 6.45) is 6.70. The van der Waals surface area contributed by atoms with E-state index in [1.165, 1.54) is 6.26 Å². The van der Waals surface area contributed by atoms with Gasteiger partial charge in [0.2, 0.25) is 5.89 Å². The van der Waals surface area contributed by atoms with E-state index in [2.05, 4.69) is 25.7 Å². The first-order valence-corrected chi connectivity index (χ1v) is 11.7. The molecule has 35 heavy (non-hydrogen) atoms. The van der Waals surface area contributed by atoms with Crippen LogP contribution in [0.1, 0.15) is 35.8 Å². The number of hydrogen-bond acceptors (Lipinski definition) is 8. The Morgan fingerprint density at radius 3 is 2.74 bits per heavy atom. The molecule has 1 aromatic carbocycles. The van der Waals surface area contributed by atoms with E-state index >= 15 is 0 Å². The molecule has 1 saturated heterocycles. The molecular weight excluding hydrogens is 448 g/mol. The molecule has 2 N–H and O–H groups in total. The number of benzene rings is 1. The summed E-state index contributed by atoms with van der Waals surface area (Å²) in [5.41, 5.74) is 3.49. The van der Waals surface area contributed by atoms with Crippen molar-refractivity contribution in [2.24, 2.45) is 0 Å². The number of oxazole rings is 1. The number of nitrogens with one attached hydrogen (secondary N) is 2. The maximum atomic E-state index is 12.7. The van der Waals surface area contributed by atoms with Crippen molar-refractivity contribution in [1.29, 1.82) is 0 Å². The van der Waals surface area contributed by atoms with Gasteiger partial charge in [-0.05, 0) is 37.5 Å². The third kappa shape index (κ3) is 4.83. The first-order valence-electron chi connectivity index (χ1n) is 11.7. The van der Waals surface area contributed by atoms with Crippen LogP contribution in [0.15, 0.2) is 47.3 Å². The van der Waals surface area contributed by atoms with Crippen molar-refractivity contribution in [2.75, 3.05) is 25.6 Å². The number of aromatic nitrogens is 4. The van der Waals surface area contributed by atoms with E-state index in [0.29, 0.717) is 37.8 Å². The third-order valence-corrected chi connectivity index (χ3v) is 6.11. The Kier molecular flexibility index (Phi) is 6.62. The van der Waals surface area contributed by atoms with Crippen molar-refractivity contribution in [3.8, 4) is 17.2 Å². The molecule has 0 radical (unpaired) electrons. The fourth-order valence-corrected chi connectivity index (χ4v) is 4.14. The van der Waals surface area contributed by atoms with E-state index in [9.17, 15) is 4.79 Å². The van der Waals surface area contributed by atoms with Crippen molar-refractivity contribution in [3.05, 3.63) is 54.2 Å². The number of aryl methyl sites for hydroxylation is 1. The van der Waals surface area contributed by atoms with Gasteiger partial charge < -0.3 is 24.5 Å². The summed E-state index contributed by atoms with van der Waals surface area (Å²) in [4.78, 5) is 21.8. The number of carbonyl (C=O) groups excluding carboxylic acids is 1. The van der Waals surface area contributed by atoms with Gasteiger partial charge in [0.15, 0.2) is 11.3 Å². The number of nitrogens with zero attached hydrogens (tertiary/aromatic N) is 4. The van der Waals surface area contributed by atoms with E-state index in [1.807, 2.05) is 42.1 Å². The van der Waals surface area contributed by atoms with Crippen molar-refractivity contribution in [1.82, 2.24) is 25.1 Å². The Labute approximate surface area is 202 Å². The monoisotopic (exact) mass is 476 g/mol. The highest BCUT2D eigenvalue weighted by molar-refractivity contribution is 5.97. The second-order valence-corrected chi connectivity index (χ2v) is 8.34. The standard InChI is InChI=1S/C25H28N6O4/c1-3-31-23-19(14-28-31)22(29-17-8-10-34-11-9-17)20(13-26-23)25-30-21(15-35-25)24(32)27-12-16-4-6-18(33-2)7-5-16/h4-7,13-15,17H,3,8-12H2,1-2H3,(H,26,29)(H,27,32). The molecule has 5 rings (SSSR count). The Morgan fingerprint density at radius 2 is 2.00 bits per heavy atom. The molecule has 0 bridgehead atoms. The molecule has 0 spiro atoms. The molecule has 0 atom stereocenters. The normalized spacial score (nSPS) is 14.2. The lowest BCUT2D eigenvalue weighted by molar-refractivity contribution is 0.0904. The van der Waals surface area contributed by atoms with Crippen LogP contribution in [-0.2, 0) is 17.8 Å². The fourth-order valence-electron chi connectivity index (χ4n) is 4.14. The summed E-state index contributed by atoms with van der Waals surface area (Å²) in [6.45, 7) is 4.54. The number of pyridine rings is 1. The molecule has 4 aromatic rings. The number of rotatable bonds is 8. The fraction of sp³-hybridized carbons (Fsp3) is 0.360. The number of fused-ring (bicyclic) bond motifs is 1. The van der Waals surface area contributed by atoms with Crippen molar-refractivity contribution >= 4 is 22.6 Å². The number of hydrogen-bond donors (Lipinski definition) is 2. The molecule has 0 saturated carbocycles. The molecule has 4 heterocycles. The number of amides is 1. The Balaban J connectivity index is 1.39. The van der Waals surface area contributed by atoms with Crippen molar-refractivity contribution in [2.45, 2.75) is 38.9 Å². The van der Waals surface area contributed by atoms with Gasteiger partial charge in [0.25, 0.3) is 5.91 Å². The Morgan fingerprint density at radius 1 is 1.20 bits per heavy atom. The minimum Gasteiger partial charge on any atom is -0.497 e. The maximum Gasteiger partial charge on any atom is 0.273 e. The lowest BCUT2D eigenvalue weighted by atomic mass is 10.1. The van der Waals surface area contributed by atoms with Crippen LogP contribution in [0.25, 0.3) is 22.5 Å². The highest BCUT2D eigenvalue weighted by atomic mass is 16.5. The van der Waals surface area contributed by atoms with Gasteiger partial charge in [-0.15, -0.1) is 0 Å². The first-order chi connectivity index (χ1) is 17.2. The number of ether oxygens (including phenoxy) is 2.